The fourth-order valence-electron chi connectivity index (χ4n) is 1.60. The van der Waals surface area contributed by atoms with E-state index in [1.807, 2.05) is 18.8 Å². The van der Waals surface area contributed by atoms with Crippen LogP contribution in [0.15, 0.2) is 6.33 Å². The van der Waals surface area contributed by atoms with Crippen molar-refractivity contribution in [3.8, 4) is 5.75 Å². The van der Waals surface area contributed by atoms with Crippen LogP contribution in [0, 0.1) is 0 Å². The van der Waals surface area contributed by atoms with E-state index in [-0.39, 0.29) is 0 Å². The summed E-state index contributed by atoms with van der Waals surface area (Å²) in [5, 5.41) is 0. The third-order valence-corrected chi connectivity index (χ3v) is 3.50. The number of aromatic nitrogens is 2. The maximum atomic E-state index is 5.41. The van der Waals surface area contributed by atoms with E-state index in [1.54, 1.807) is 7.11 Å². The highest BCUT2D eigenvalue weighted by molar-refractivity contribution is 7.98. The number of rotatable bonds is 7. The standard InChI is InChI=1S/C11H21N5OS/c1-8(5-6-18-4)16(2)11-9(17-3)10(15-12)13-7-14-11/h7-8H,5-6,12H2,1-4H3,(H,13,14,15). The van der Waals surface area contributed by atoms with E-state index >= 15 is 0 Å². The maximum Gasteiger partial charge on any atom is 0.205 e. The van der Waals surface area contributed by atoms with Gasteiger partial charge in [0.15, 0.2) is 11.6 Å². The minimum absolute atomic E-state index is 0.367. The monoisotopic (exact) mass is 271 g/mol. The van der Waals surface area contributed by atoms with Gasteiger partial charge in [-0.2, -0.15) is 11.8 Å². The van der Waals surface area contributed by atoms with Crippen LogP contribution in [0.4, 0.5) is 11.6 Å². The molecule has 0 bridgehead atoms. The van der Waals surface area contributed by atoms with Gasteiger partial charge in [-0.05, 0) is 25.4 Å². The zero-order chi connectivity index (χ0) is 13.5. The Morgan fingerprint density at radius 2 is 2.28 bits per heavy atom. The maximum absolute atomic E-state index is 5.41. The summed E-state index contributed by atoms with van der Waals surface area (Å²) >= 11 is 1.84. The van der Waals surface area contributed by atoms with Crippen LogP contribution < -0.4 is 20.9 Å². The Bertz CT molecular complexity index is 376. The average molecular weight is 271 g/mol. The van der Waals surface area contributed by atoms with Crippen LogP contribution >= 0.6 is 11.8 Å². The largest absolute Gasteiger partial charge is 0.490 e. The predicted octanol–water partition coefficient (Wildman–Crippen LogP) is 1.35. The Balaban J connectivity index is 2.93. The molecular weight excluding hydrogens is 250 g/mol. The summed E-state index contributed by atoms with van der Waals surface area (Å²) in [6.45, 7) is 2.16. The van der Waals surface area contributed by atoms with Gasteiger partial charge in [-0.15, -0.1) is 0 Å². The highest BCUT2D eigenvalue weighted by atomic mass is 32.2. The Morgan fingerprint density at radius 3 is 2.83 bits per heavy atom. The van der Waals surface area contributed by atoms with Gasteiger partial charge in [0.05, 0.1) is 7.11 Å². The second kappa shape index (κ2) is 7.27. The molecule has 1 atom stereocenters. The van der Waals surface area contributed by atoms with Gasteiger partial charge in [0.25, 0.3) is 0 Å². The number of hydrogen-bond donors (Lipinski definition) is 2. The Labute approximate surface area is 112 Å². The smallest absolute Gasteiger partial charge is 0.205 e. The molecule has 0 saturated carbocycles. The predicted molar refractivity (Wildman–Crippen MR) is 77.3 cm³/mol. The number of ether oxygens (including phenoxy) is 1. The van der Waals surface area contributed by atoms with Crippen molar-refractivity contribution in [1.29, 1.82) is 0 Å². The summed E-state index contributed by atoms with van der Waals surface area (Å²) in [4.78, 5) is 10.4. The van der Waals surface area contributed by atoms with Gasteiger partial charge in [-0.25, -0.2) is 15.8 Å². The van der Waals surface area contributed by atoms with Crippen molar-refractivity contribution in [2.24, 2.45) is 5.84 Å². The lowest BCUT2D eigenvalue weighted by Gasteiger charge is -2.27. The number of anilines is 2. The topological polar surface area (TPSA) is 76.3 Å². The van der Waals surface area contributed by atoms with Crippen molar-refractivity contribution >= 4 is 23.4 Å². The first kappa shape index (κ1) is 14.8. The van der Waals surface area contributed by atoms with Crippen molar-refractivity contribution in [2.45, 2.75) is 19.4 Å². The van der Waals surface area contributed by atoms with E-state index in [0.29, 0.717) is 17.6 Å². The summed E-state index contributed by atoms with van der Waals surface area (Å²) in [6, 6.07) is 0.367. The zero-order valence-electron chi connectivity index (χ0n) is 11.3. The molecule has 1 aromatic rings. The normalized spacial score (nSPS) is 12.1. The third kappa shape index (κ3) is 3.39. The number of nitrogens with zero attached hydrogens (tertiary/aromatic N) is 3. The van der Waals surface area contributed by atoms with Crippen LogP contribution in [-0.2, 0) is 0 Å². The number of thioether (sulfide) groups is 1. The van der Waals surface area contributed by atoms with Gasteiger partial charge < -0.3 is 15.1 Å². The van der Waals surface area contributed by atoms with Gasteiger partial charge in [0.2, 0.25) is 5.75 Å². The van der Waals surface area contributed by atoms with Gasteiger partial charge >= 0.3 is 0 Å². The fraction of sp³-hybridized carbons (Fsp3) is 0.636. The van der Waals surface area contributed by atoms with Crippen LogP contribution in [0.1, 0.15) is 13.3 Å². The van der Waals surface area contributed by atoms with E-state index < -0.39 is 0 Å². The van der Waals surface area contributed by atoms with E-state index in [1.165, 1.54) is 6.33 Å². The quantitative estimate of drug-likeness (QED) is 0.572. The SMILES string of the molecule is COc1c(NN)ncnc1N(C)C(C)CCSC. The number of nitrogens with two attached hydrogens (primary N) is 1. The molecule has 0 amide bonds. The molecule has 0 aliphatic rings. The lowest BCUT2D eigenvalue weighted by molar-refractivity contribution is 0.411. The van der Waals surface area contributed by atoms with E-state index in [0.717, 1.165) is 18.0 Å². The van der Waals surface area contributed by atoms with Gasteiger partial charge in [0, 0.05) is 13.1 Å². The van der Waals surface area contributed by atoms with Gasteiger partial charge in [0.1, 0.15) is 6.33 Å². The lowest BCUT2D eigenvalue weighted by atomic mass is 10.2. The first-order valence-electron chi connectivity index (χ1n) is 5.73. The highest BCUT2D eigenvalue weighted by Crippen LogP contribution is 2.31. The molecule has 3 N–H and O–H groups in total. The molecule has 0 aliphatic heterocycles. The minimum Gasteiger partial charge on any atom is -0.490 e. The Hall–Kier alpha value is -1.21. The van der Waals surface area contributed by atoms with Gasteiger partial charge in [-0.1, -0.05) is 0 Å². The van der Waals surface area contributed by atoms with Crippen LogP contribution in [-0.4, -0.2) is 42.2 Å². The minimum atomic E-state index is 0.367. The van der Waals surface area contributed by atoms with Crippen LogP contribution in [0.3, 0.4) is 0 Å². The van der Waals surface area contributed by atoms with Crippen molar-refractivity contribution in [3.05, 3.63) is 6.33 Å². The zero-order valence-corrected chi connectivity index (χ0v) is 12.1. The molecule has 0 fully saturated rings. The molecule has 102 valence electrons. The molecule has 0 aliphatic carbocycles. The van der Waals surface area contributed by atoms with Crippen LogP contribution in [0.5, 0.6) is 5.75 Å². The molecule has 1 aromatic heterocycles. The number of hydrazine groups is 1. The molecule has 0 spiro atoms. The number of nitrogens with one attached hydrogen (secondary N) is 1. The van der Waals surface area contributed by atoms with Crippen molar-refractivity contribution in [1.82, 2.24) is 9.97 Å². The highest BCUT2D eigenvalue weighted by Gasteiger charge is 2.18. The van der Waals surface area contributed by atoms with Crippen molar-refractivity contribution in [2.75, 3.05) is 36.5 Å². The molecule has 6 nitrogen and oxygen atoms in total. The fourth-order valence-corrected chi connectivity index (χ4v) is 2.17. The Kier molecular flexibility index (Phi) is 6.00. The van der Waals surface area contributed by atoms with Crippen molar-refractivity contribution < 1.29 is 4.74 Å². The second-order valence-electron chi connectivity index (χ2n) is 3.96. The molecule has 1 heterocycles. The molecule has 7 heteroatoms. The molecule has 18 heavy (non-hydrogen) atoms. The second-order valence-corrected chi connectivity index (χ2v) is 4.95. The Morgan fingerprint density at radius 1 is 1.56 bits per heavy atom. The molecule has 1 unspecified atom stereocenters. The summed E-state index contributed by atoms with van der Waals surface area (Å²) in [5.74, 6) is 8.33. The number of hydrogen-bond acceptors (Lipinski definition) is 7. The van der Waals surface area contributed by atoms with Crippen LogP contribution in [0.25, 0.3) is 0 Å². The summed E-state index contributed by atoms with van der Waals surface area (Å²) < 4.78 is 5.33. The van der Waals surface area contributed by atoms with Crippen LogP contribution in [0.2, 0.25) is 0 Å². The first-order valence-corrected chi connectivity index (χ1v) is 7.12. The molecule has 0 saturated heterocycles. The molecular formula is C11H21N5OS. The number of nitrogen functional groups attached to an aromatic ring is 1. The molecule has 0 radical (unpaired) electrons. The summed E-state index contributed by atoms with van der Waals surface area (Å²) in [5.41, 5.74) is 2.52. The lowest BCUT2D eigenvalue weighted by Crippen LogP contribution is -2.30. The van der Waals surface area contributed by atoms with E-state index in [4.69, 9.17) is 10.6 Å². The average Bonchev–Trinajstić information content (AvgIpc) is 2.42. The number of methoxy groups -OCH3 is 1. The van der Waals surface area contributed by atoms with Gasteiger partial charge in [-0.3, -0.25) is 0 Å². The first-order chi connectivity index (χ1) is 8.65. The third-order valence-electron chi connectivity index (χ3n) is 2.86. The molecule has 0 aromatic carbocycles. The van der Waals surface area contributed by atoms with E-state index in [9.17, 15) is 0 Å². The summed E-state index contributed by atoms with van der Waals surface area (Å²) in [7, 11) is 3.58. The van der Waals surface area contributed by atoms with E-state index in [2.05, 4.69) is 33.5 Å². The van der Waals surface area contributed by atoms with Crippen molar-refractivity contribution in [3.63, 3.8) is 0 Å². The molecule has 1 rings (SSSR count). The summed E-state index contributed by atoms with van der Waals surface area (Å²) in [6.07, 6.45) is 4.66.